The lowest BCUT2D eigenvalue weighted by molar-refractivity contribution is -0.0108. The fourth-order valence-electron chi connectivity index (χ4n) is 2.30. The van der Waals surface area contributed by atoms with Gasteiger partial charge in [0.1, 0.15) is 0 Å². The number of amides is 1. The molecule has 1 aliphatic rings. The van der Waals surface area contributed by atoms with Gasteiger partial charge in [0.25, 0.3) is 5.91 Å². The number of β-amino-alcohol motifs (C(OH)–C–C–N with tert-alkyl or cyclic N) is 1. The zero-order valence-corrected chi connectivity index (χ0v) is 10.4. The number of benzene rings is 1. The highest BCUT2D eigenvalue weighted by Gasteiger charge is 2.32. The number of rotatable bonds is 1. The van der Waals surface area contributed by atoms with Crippen molar-refractivity contribution < 1.29 is 15.0 Å². The maximum absolute atomic E-state index is 12.3. The molecule has 1 aromatic rings. The number of phenolic OH excluding ortho intramolecular Hbond substituents is 1. The molecule has 5 nitrogen and oxygen atoms in total. The average Bonchev–Trinajstić information content (AvgIpc) is 2.30. The number of anilines is 1. The van der Waals surface area contributed by atoms with Crippen LogP contribution in [-0.2, 0) is 0 Å². The number of carbonyl (C=O) groups is 1. The molecule has 0 radical (unpaired) electrons. The quantitative estimate of drug-likeness (QED) is 0.512. The summed E-state index contributed by atoms with van der Waals surface area (Å²) in [6, 6.07) is 4.71. The minimum Gasteiger partial charge on any atom is -0.505 e. The van der Waals surface area contributed by atoms with Crippen LogP contribution in [0.5, 0.6) is 5.75 Å². The Morgan fingerprint density at radius 3 is 2.89 bits per heavy atom. The fraction of sp³-hybridized carbons (Fsp3) is 0.462. The van der Waals surface area contributed by atoms with Gasteiger partial charge in [0, 0.05) is 13.1 Å². The second-order valence-electron chi connectivity index (χ2n) is 5.07. The van der Waals surface area contributed by atoms with Crippen molar-refractivity contribution in [2.45, 2.75) is 25.4 Å². The van der Waals surface area contributed by atoms with Gasteiger partial charge in [0.2, 0.25) is 0 Å². The predicted octanol–water partition coefficient (Wildman–Crippen LogP) is 0.961. The first-order chi connectivity index (χ1) is 8.41. The fourth-order valence-corrected chi connectivity index (χ4v) is 2.30. The highest BCUT2D eigenvalue weighted by atomic mass is 16.3. The Morgan fingerprint density at radius 2 is 2.22 bits per heavy atom. The number of carbonyl (C=O) groups excluding carboxylic acids is 1. The van der Waals surface area contributed by atoms with E-state index in [1.165, 1.54) is 6.07 Å². The lowest BCUT2D eigenvalue weighted by Gasteiger charge is -2.36. The molecule has 1 saturated heterocycles. The minimum absolute atomic E-state index is 0.185. The van der Waals surface area contributed by atoms with Crippen LogP contribution in [-0.4, -0.2) is 39.7 Å². The van der Waals surface area contributed by atoms with Crippen LogP contribution in [0.2, 0.25) is 0 Å². The van der Waals surface area contributed by atoms with Crippen molar-refractivity contribution in [1.82, 2.24) is 4.90 Å². The van der Waals surface area contributed by atoms with Crippen molar-refractivity contribution >= 4 is 11.6 Å². The topological polar surface area (TPSA) is 86.8 Å². The summed E-state index contributed by atoms with van der Waals surface area (Å²) in [5.74, 6) is -0.479. The summed E-state index contributed by atoms with van der Waals surface area (Å²) in [5.41, 5.74) is 5.09. The van der Waals surface area contributed by atoms with Gasteiger partial charge in [-0.25, -0.2) is 0 Å². The SMILES string of the molecule is CC1(O)CCCN(C(=O)c2cccc(N)c2O)C1. The van der Waals surface area contributed by atoms with Gasteiger partial charge in [0.15, 0.2) is 5.75 Å². The summed E-state index contributed by atoms with van der Waals surface area (Å²) < 4.78 is 0. The van der Waals surface area contributed by atoms with E-state index in [0.717, 1.165) is 6.42 Å². The minimum atomic E-state index is -0.857. The lowest BCUT2D eigenvalue weighted by Crippen LogP contribution is -2.48. The van der Waals surface area contributed by atoms with Gasteiger partial charge in [-0.05, 0) is 31.9 Å². The second kappa shape index (κ2) is 4.49. The molecule has 1 aliphatic heterocycles. The molecule has 0 saturated carbocycles. The third-order valence-corrected chi connectivity index (χ3v) is 3.26. The monoisotopic (exact) mass is 250 g/mol. The standard InChI is InChI=1S/C13H18N2O3/c1-13(18)6-3-7-15(8-13)12(17)9-4-2-5-10(14)11(9)16/h2,4-5,16,18H,3,6-8,14H2,1H3. The molecule has 1 heterocycles. The Morgan fingerprint density at radius 1 is 1.50 bits per heavy atom. The Balaban J connectivity index is 2.23. The predicted molar refractivity (Wildman–Crippen MR) is 68.3 cm³/mol. The molecule has 5 heteroatoms. The third kappa shape index (κ3) is 2.41. The molecule has 98 valence electrons. The van der Waals surface area contributed by atoms with E-state index in [-0.39, 0.29) is 29.5 Å². The maximum Gasteiger partial charge on any atom is 0.257 e. The van der Waals surface area contributed by atoms with E-state index in [1.807, 2.05) is 0 Å². The Labute approximate surface area is 106 Å². The van der Waals surface area contributed by atoms with Gasteiger partial charge in [0.05, 0.1) is 16.9 Å². The molecule has 1 aromatic carbocycles. The summed E-state index contributed by atoms with van der Waals surface area (Å²) in [6.07, 6.45) is 1.43. The molecular formula is C13H18N2O3. The summed E-state index contributed by atoms with van der Waals surface area (Å²) in [6.45, 7) is 2.58. The van der Waals surface area contributed by atoms with Crippen molar-refractivity contribution in [2.24, 2.45) is 0 Å². The molecule has 0 spiro atoms. The summed E-state index contributed by atoms with van der Waals surface area (Å²) in [4.78, 5) is 13.8. The van der Waals surface area contributed by atoms with Crippen LogP contribution in [0, 0.1) is 0 Å². The number of aromatic hydroxyl groups is 1. The van der Waals surface area contributed by atoms with Crippen molar-refractivity contribution in [3.63, 3.8) is 0 Å². The summed E-state index contributed by atoms with van der Waals surface area (Å²) in [5, 5.41) is 19.8. The van der Waals surface area contributed by atoms with E-state index in [4.69, 9.17) is 5.73 Å². The van der Waals surface area contributed by atoms with Crippen molar-refractivity contribution in [1.29, 1.82) is 0 Å². The number of para-hydroxylation sites is 1. The van der Waals surface area contributed by atoms with E-state index in [2.05, 4.69) is 0 Å². The molecule has 0 bridgehead atoms. The largest absolute Gasteiger partial charge is 0.505 e. The number of nitrogens with zero attached hydrogens (tertiary/aromatic N) is 1. The number of nitrogens with two attached hydrogens (primary N) is 1. The molecule has 18 heavy (non-hydrogen) atoms. The molecule has 1 fully saturated rings. The molecule has 1 amide bonds. The zero-order valence-electron chi connectivity index (χ0n) is 10.4. The van der Waals surface area contributed by atoms with Crippen molar-refractivity contribution in [3.8, 4) is 5.75 Å². The van der Waals surface area contributed by atoms with Crippen LogP contribution in [0.3, 0.4) is 0 Å². The molecule has 2 rings (SSSR count). The molecular weight excluding hydrogens is 232 g/mol. The van der Waals surface area contributed by atoms with Crippen molar-refractivity contribution in [2.75, 3.05) is 18.8 Å². The van der Waals surface area contributed by atoms with E-state index in [1.54, 1.807) is 24.0 Å². The van der Waals surface area contributed by atoms with Crippen LogP contribution >= 0.6 is 0 Å². The molecule has 0 aliphatic carbocycles. The van der Waals surface area contributed by atoms with Gasteiger partial charge in [-0.3, -0.25) is 4.79 Å². The first-order valence-corrected chi connectivity index (χ1v) is 6.00. The third-order valence-electron chi connectivity index (χ3n) is 3.26. The number of hydrogen-bond acceptors (Lipinski definition) is 4. The second-order valence-corrected chi connectivity index (χ2v) is 5.07. The summed E-state index contributed by atoms with van der Waals surface area (Å²) in [7, 11) is 0. The summed E-state index contributed by atoms with van der Waals surface area (Å²) >= 11 is 0. The van der Waals surface area contributed by atoms with Crippen molar-refractivity contribution in [3.05, 3.63) is 23.8 Å². The number of phenols is 1. The van der Waals surface area contributed by atoms with Crippen LogP contribution < -0.4 is 5.73 Å². The average molecular weight is 250 g/mol. The van der Waals surface area contributed by atoms with E-state index >= 15 is 0 Å². The van der Waals surface area contributed by atoms with E-state index in [9.17, 15) is 15.0 Å². The highest BCUT2D eigenvalue weighted by Crippen LogP contribution is 2.28. The molecule has 0 aromatic heterocycles. The lowest BCUT2D eigenvalue weighted by atomic mass is 9.94. The highest BCUT2D eigenvalue weighted by molar-refractivity contribution is 5.98. The Kier molecular flexibility index (Phi) is 3.17. The first kappa shape index (κ1) is 12.7. The van der Waals surface area contributed by atoms with Gasteiger partial charge >= 0.3 is 0 Å². The van der Waals surface area contributed by atoms with Gasteiger partial charge in [-0.15, -0.1) is 0 Å². The maximum atomic E-state index is 12.3. The van der Waals surface area contributed by atoms with E-state index in [0.29, 0.717) is 13.0 Å². The zero-order chi connectivity index (χ0) is 13.3. The van der Waals surface area contributed by atoms with Crippen LogP contribution in [0.25, 0.3) is 0 Å². The molecule has 1 unspecified atom stereocenters. The van der Waals surface area contributed by atoms with Gasteiger partial charge < -0.3 is 20.8 Å². The molecule has 1 atom stereocenters. The van der Waals surface area contributed by atoms with Gasteiger partial charge in [-0.1, -0.05) is 6.07 Å². The van der Waals surface area contributed by atoms with Crippen LogP contribution in [0.15, 0.2) is 18.2 Å². The first-order valence-electron chi connectivity index (χ1n) is 6.00. The normalized spacial score (nSPS) is 24.0. The molecule has 4 N–H and O–H groups in total. The van der Waals surface area contributed by atoms with Crippen LogP contribution in [0.4, 0.5) is 5.69 Å². The number of hydrogen-bond donors (Lipinski definition) is 3. The Bertz CT molecular complexity index is 471. The van der Waals surface area contributed by atoms with E-state index < -0.39 is 5.60 Å². The number of nitrogen functional groups attached to an aromatic ring is 1. The smallest absolute Gasteiger partial charge is 0.257 e. The Hall–Kier alpha value is -1.75. The number of aliphatic hydroxyl groups is 1. The number of piperidine rings is 1. The van der Waals surface area contributed by atoms with Crippen LogP contribution in [0.1, 0.15) is 30.1 Å². The van der Waals surface area contributed by atoms with Gasteiger partial charge in [-0.2, -0.15) is 0 Å². The number of likely N-dealkylation sites (tertiary alicyclic amines) is 1.